The molecule has 9 heteroatoms. The molecule has 1 aromatic rings. The van der Waals surface area contributed by atoms with Crippen molar-refractivity contribution in [2.24, 2.45) is 5.92 Å². The molecule has 1 N–H and O–H groups in total. The molecule has 0 saturated heterocycles. The maximum Gasteiger partial charge on any atom is 0.343 e. The third-order valence-corrected chi connectivity index (χ3v) is 11.3. The average Bonchev–Trinajstić information content (AvgIpc) is 2.74. The van der Waals surface area contributed by atoms with Gasteiger partial charge in [0.05, 0.1) is 37.5 Å². The van der Waals surface area contributed by atoms with E-state index in [1.807, 2.05) is 0 Å². The zero-order chi connectivity index (χ0) is 26.3. The number of ketones is 1. The highest BCUT2D eigenvalue weighted by Gasteiger charge is 2.37. The van der Waals surface area contributed by atoms with Crippen molar-refractivity contribution in [3.63, 3.8) is 0 Å². The van der Waals surface area contributed by atoms with Gasteiger partial charge in [0, 0.05) is 18.3 Å². The molecule has 0 heterocycles. The summed E-state index contributed by atoms with van der Waals surface area (Å²) in [6, 6.07) is 3.07. The zero-order valence-corrected chi connectivity index (χ0v) is 24.7. The molecule has 0 saturated carbocycles. The van der Waals surface area contributed by atoms with Crippen LogP contribution in [0.3, 0.4) is 0 Å². The molecule has 1 aromatic carbocycles. The molecule has 192 valence electrons. The Balaban J connectivity index is 3.31. The van der Waals surface area contributed by atoms with Crippen LogP contribution < -0.4 is 14.8 Å². The number of carbonyl (C=O) groups excluding carboxylic acids is 2. The molecule has 0 spiro atoms. The molecule has 0 amide bonds. The largest absolute Gasteiger partial charge is 0.496 e. The highest BCUT2D eigenvalue weighted by atomic mass is 79.9. The Bertz CT molecular complexity index is 892. The summed E-state index contributed by atoms with van der Waals surface area (Å²) in [4.78, 5) is 26.2. The van der Waals surface area contributed by atoms with Gasteiger partial charge in [-0.3, -0.25) is 4.79 Å². The average molecular weight is 559 g/mol. The van der Waals surface area contributed by atoms with Crippen LogP contribution in [0.15, 0.2) is 28.4 Å². The first-order chi connectivity index (χ1) is 15.7. The molecular weight excluding hydrogens is 518 g/mol. The minimum Gasteiger partial charge on any atom is -0.496 e. The highest BCUT2D eigenvalue weighted by molar-refractivity contribution is 9.10. The van der Waals surface area contributed by atoms with Gasteiger partial charge in [-0.2, -0.15) is 0 Å². The first-order valence-corrected chi connectivity index (χ1v) is 15.1. The van der Waals surface area contributed by atoms with Gasteiger partial charge in [0.15, 0.2) is 8.32 Å². The van der Waals surface area contributed by atoms with E-state index in [2.05, 4.69) is 69.0 Å². The Morgan fingerprint density at radius 1 is 1.12 bits per heavy atom. The summed E-state index contributed by atoms with van der Waals surface area (Å²) in [6.45, 7) is 17.4. The minimum absolute atomic E-state index is 0.0781. The second-order valence-corrected chi connectivity index (χ2v) is 15.5. The van der Waals surface area contributed by atoms with Gasteiger partial charge in [0.1, 0.15) is 17.1 Å². The van der Waals surface area contributed by atoms with Gasteiger partial charge in [-0.1, -0.05) is 34.6 Å². The second kappa shape index (κ2) is 12.7. The van der Waals surface area contributed by atoms with Crippen LogP contribution in [-0.4, -0.2) is 53.5 Å². The normalized spacial score (nSPS) is 13.5. The molecule has 0 aliphatic carbocycles. The number of methoxy groups -OCH3 is 2. The van der Waals surface area contributed by atoms with E-state index in [0.717, 1.165) is 0 Å². The molecule has 7 nitrogen and oxygen atoms in total. The number of benzene rings is 1. The molecule has 1 rings (SSSR count). The van der Waals surface area contributed by atoms with Crippen LogP contribution in [0.1, 0.15) is 51.9 Å². The smallest absolute Gasteiger partial charge is 0.343 e. The lowest BCUT2D eigenvalue weighted by molar-refractivity contribution is -0.138. The fourth-order valence-corrected chi connectivity index (χ4v) is 4.28. The molecule has 1 atom stereocenters. The third-order valence-electron chi connectivity index (χ3n) is 6.13. The van der Waals surface area contributed by atoms with Crippen molar-refractivity contribution in [2.75, 3.05) is 27.4 Å². The van der Waals surface area contributed by atoms with Crippen molar-refractivity contribution in [3.8, 4) is 11.5 Å². The van der Waals surface area contributed by atoms with E-state index in [-0.39, 0.29) is 34.7 Å². The van der Waals surface area contributed by atoms with Crippen molar-refractivity contribution in [1.29, 1.82) is 0 Å². The van der Waals surface area contributed by atoms with E-state index in [4.69, 9.17) is 18.6 Å². The number of hydrogen-bond acceptors (Lipinski definition) is 7. The Morgan fingerprint density at radius 3 is 2.18 bits per heavy atom. The van der Waals surface area contributed by atoms with Crippen LogP contribution in [-0.2, 0) is 14.0 Å². The SMILES string of the molecule is CCOC(=O)/C(=C\N[C@H](CO[Si](C)(C)C(C)(C)C)C(C)C)C(=O)c1cc(Br)c(OC)cc1OC. The molecule has 0 radical (unpaired) electrons. The van der Waals surface area contributed by atoms with Crippen LogP contribution in [0.2, 0.25) is 18.1 Å². The predicted octanol–water partition coefficient (Wildman–Crippen LogP) is 5.73. The highest BCUT2D eigenvalue weighted by Crippen LogP contribution is 2.37. The number of nitrogens with one attached hydrogen (secondary N) is 1. The van der Waals surface area contributed by atoms with Gasteiger partial charge >= 0.3 is 5.97 Å². The summed E-state index contributed by atoms with van der Waals surface area (Å²) in [5.74, 6) is -0.220. The molecule has 0 bridgehead atoms. The van der Waals surface area contributed by atoms with Crippen LogP contribution in [0.5, 0.6) is 11.5 Å². The quantitative estimate of drug-likeness (QED) is 0.0876. The number of Topliss-reactive ketones (excluding diaryl/α,β-unsaturated/α-hetero) is 1. The third kappa shape index (κ3) is 7.85. The summed E-state index contributed by atoms with van der Waals surface area (Å²) in [5, 5.41) is 3.32. The van der Waals surface area contributed by atoms with Crippen LogP contribution in [0, 0.1) is 5.92 Å². The van der Waals surface area contributed by atoms with E-state index in [1.54, 1.807) is 19.1 Å². The number of esters is 1. The fourth-order valence-electron chi connectivity index (χ4n) is 2.75. The molecule has 0 aliphatic heterocycles. The van der Waals surface area contributed by atoms with Crippen LogP contribution >= 0.6 is 15.9 Å². The Hall–Kier alpha value is -1.84. The molecule has 0 aliphatic rings. The number of ether oxygens (including phenoxy) is 3. The lowest BCUT2D eigenvalue weighted by Gasteiger charge is -2.38. The molecular formula is C25H40BrNO6Si. The van der Waals surface area contributed by atoms with E-state index in [1.165, 1.54) is 20.4 Å². The summed E-state index contributed by atoms with van der Waals surface area (Å²) >= 11 is 3.40. The van der Waals surface area contributed by atoms with E-state index < -0.39 is 20.1 Å². The summed E-state index contributed by atoms with van der Waals surface area (Å²) in [6.07, 6.45) is 1.44. The maximum atomic E-state index is 13.4. The van der Waals surface area contributed by atoms with Crippen LogP contribution in [0.4, 0.5) is 0 Å². The van der Waals surface area contributed by atoms with Crippen molar-refractivity contribution in [2.45, 2.75) is 65.7 Å². The topological polar surface area (TPSA) is 83.1 Å². The lowest BCUT2D eigenvalue weighted by atomic mass is 10.0. The van der Waals surface area contributed by atoms with Crippen molar-refractivity contribution in [3.05, 3.63) is 33.9 Å². The van der Waals surface area contributed by atoms with E-state index in [9.17, 15) is 9.59 Å². The zero-order valence-electron chi connectivity index (χ0n) is 22.1. The summed E-state index contributed by atoms with van der Waals surface area (Å²) < 4.78 is 22.8. The van der Waals surface area contributed by atoms with Gasteiger partial charge in [0.2, 0.25) is 5.78 Å². The van der Waals surface area contributed by atoms with E-state index >= 15 is 0 Å². The summed E-state index contributed by atoms with van der Waals surface area (Å²) in [7, 11) is 1.02. The monoisotopic (exact) mass is 557 g/mol. The van der Waals surface area contributed by atoms with Gasteiger partial charge in [0.25, 0.3) is 0 Å². The Morgan fingerprint density at radius 2 is 1.71 bits per heavy atom. The number of hydrogen-bond donors (Lipinski definition) is 1. The molecule has 0 fully saturated rings. The van der Waals surface area contributed by atoms with Crippen molar-refractivity contribution >= 4 is 36.0 Å². The Kier molecular flexibility index (Phi) is 11.3. The van der Waals surface area contributed by atoms with Crippen LogP contribution in [0.25, 0.3) is 0 Å². The van der Waals surface area contributed by atoms with Gasteiger partial charge in [-0.25, -0.2) is 4.79 Å². The van der Waals surface area contributed by atoms with Crippen molar-refractivity contribution < 1.29 is 28.2 Å². The fraction of sp³-hybridized carbons (Fsp3) is 0.600. The van der Waals surface area contributed by atoms with Gasteiger partial charge < -0.3 is 24.0 Å². The molecule has 34 heavy (non-hydrogen) atoms. The first-order valence-electron chi connectivity index (χ1n) is 11.4. The van der Waals surface area contributed by atoms with Gasteiger partial charge in [-0.05, 0) is 53.0 Å². The standard InChI is InChI=1S/C25H40BrNO6Si/c1-11-32-24(29)18(23(28)17-12-19(26)22(31-8)13-21(17)30-7)14-27-20(16(2)3)15-33-34(9,10)25(4,5)6/h12-14,16,20,27H,11,15H2,1-10H3/b18-14-/t20-/m1/s1. The Labute approximate surface area is 213 Å². The maximum absolute atomic E-state index is 13.4. The molecule has 0 unspecified atom stereocenters. The van der Waals surface area contributed by atoms with Gasteiger partial charge in [-0.15, -0.1) is 0 Å². The minimum atomic E-state index is -1.96. The van der Waals surface area contributed by atoms with E-state index in [0.29, 0.717) is 22.6 Å². The predicted molar refractivity (Wildman–Crippen MR) is 141 cm³/mol. The number of halogens is 1. The second-order valence-electron chi connectivity index (χ2n) is 9.88. The first kappa shape index (κ1) is 30.2. The number of rotatable bonds is 12. The lowest BCUT2D eigenvalue weighted by Crippen LogP contribution is -2.45. The van der Waals surface area contributed by atoms with Crippen molar-refractivity contribution in [1.82, 2.24) is 5.32 Å². The summed E-state index contributed by atoms with van der Waals surface area (Å²) in [5.41, 5.74) is 0.102. The number of carbonyl (C=O) groups is 2. The molecule has 0 aromatic heterocycles.